The van der Waals surface area contributed by atoms with Crippen LogP contribution in [0.1, 0.15) is 0 Å². The highest BCUT2D eigenvalue weighted by Gasteiger charge is 2.07. The van der Waals surface area contributed by atoms with E-state index in [-0.39, 0.29) is 5.95 Å². The Morgan fingerprint density at radius 2 is 2.12 bits per heavy atom. The van der Waals surface area contributed by atoms with E-state index >= 15 is 0 Å². The van der Waals surface area contributed by atoms with Gasteiger partial charge in [-0.2, -0.15) is 4.98 Å². The van der Waals surface area contributed by atoms with Crippen LogP contribution < -0.4 is 5.32 Å². The Hall–Kier alpha value is -2.37. The number of hydrogen-bond acceptors (Lipinski definition) is 4. The van der Waals surface area contributed by atoms with Crippen molar-refractivity contribution in [1.82, 2.24) is 15.2 Å². The molecule has 0 fully saturated rings. The third-order valence-corrected chi connectivity index (χ3v) is 1.93. The van der Waals surface area contributed by atoms with Gasteiger partial charge in [0.1, 0.15) is 0 Å². The lowest BCUT2D eigenvalue weighted by atomic mass is 10.2. The van der Waals surface area contributed by atoms with Gasteiger partial charge >= 0.3 is 6.09 Å². The van der Waals surface area contributed by atoms with E-state index in [1.165, 1.54) is 7.11 Å². The molecule has 1 aromatic heterocycles. The van der Waals surface area contributed by atoms with Crippen LogP contribution in [0, 0.1) is 0 Å². The first-order chi connectivity index (χ1) is 7.79. The fourth-order valence-electron chi connectivity index (χ4n) is 1.19. The van der Waals surface area contributed by atoms with Gasteiger partial charge in [-0.1, -0.05) is 30.3 Å². The Morgan fingerprint density at radius 3 is 2.81 bits per heavy atom. The number of carbonyl (C=O) groups excluding carboxylic acids is 1. The standard InChI is InChI=1S/C10H10N4O2/c1-16-10(15)12-9-11-8(13-14-9)7-5-3-2-4-6-7/h2-6H,1H3,(H2,11,12,13,14,15). The Labute approximate surface area is 91.7 Å². The molecule has 82 valence electrons. The molecule has 1 heterocycles. The fraction of sp³-hybridized carbons (Fsp3) is 0.100. The van der Waals surface area contributed by atoms with Crippen LogP contribution in [-0.4, -0.2) is 28.4 Å². The molecule has 0 bridgehead atoms. The minimum Gasteiger partial charge on any atom is -0.453 e. The number of aromatic nitrogens is 3. The molecule has 0 saturated carbocycles. The molecule has 0 radical (unpaired) electrons. The number of benzene rings is 1. The van der Waals surface area contributed by atoms with Gasteiger partial charge in [-0.15, -0.1) is 5.10 Å². The van der Waals surface area contributed by atoms with Crippen LogP contribution in [0.2, 0.25) is 0 Å². The first-order valence-electron chi connectivity index (χ1n) is 4.62. The van der Waals surface area contributed by atoms with Gasteiger partial charge in [0.2, 0.25) is 0 Å². The average molecular weight is 218 g/mol. The summed E-state index contributed by atoms with van der Waals surface area (Å²) in [5, 5.41) is 8.92. The normalized spacial score (nSPS) is 9.81. The Bertz CT molecular complexity index is 481. The molecule has 6 nitrogen and oxygen atoms in total. The van der Waals surface area contributed by atoms with Crippen LogP contribution in [0.5, 0.6) is 0 Å². The van der Waals surface area contributed by atoms with Gasteiger partial charge in [-0.05, 0) is 0 Å². The van der Waals surface area contributed by atoms with Crippen LogP contribution in [0.4, 0.5) is 10.7 Å². The maximum atomic E-state index is 10.9. The van der Waals surface area contributed by atoms with Gasteiger partial charge < -0.3 is 4.74 Å². The molecule has 2 N–H and O–H groups in total. The van der Waals surface area contributed by atoms with Crippen molar-refractivity contribution in [2.24, 2.45) is 0 Å². The Morgan fingerprint density at radius 1 is 1.38 bits per heavy atom. The minimum atomic E-state index is -0.599. The van der Waals surface area contributed by atoms with E-state index in [1.807, 2.05) is 30.3 Å². The Kier molecular flexibility index (Phi) is 2.81. The van der Waals surface area contributed by atoms with Crippen molar-refractivity contribution in [2.75, 3.05) is 12.4 Å². The van der Waals surface area contributed by atoms with Gasteiger partial charge in [-0.25, -0.2) is 4.79 Å². The highest BCUT2D eigenvalue weighted by Crippen LogP contribution is 2.14. The molecule has 16 heavy (non-hydrogen) atoms. The van der Waals surface area contributed by atoms with E-state index in [0.717, 1.165) is 5.56 Å². The number of carbonyl (C=O) groups is 1. The summed E-state index contributed by atoms with van der Waals surface area (Å²) in [6.07, 6.45) is -0.599. The number of rotatable bonds is 2. The topological polar surface area (TPSA) is 79.9 Å². The van der Waals surface area contributed by atoms with E-state index in [2.05, 4.69) is 25.2 Å². The molecule has 0 atom stereocenters. The van der Waals surface area contributed by atoms with Gasteiger partial charge in [0.25, 0.3) is 5.95 Å². The first-order valence-corrected chi connectivity index (χ1v) is 4.62. The molecule has 0 unspecified atom stereocenters. The molecule has 2 rings (SSSR count). The summed E-state index contributed by atoms with van der Waals surface area (Å²) in [7, 11) is 1.28. The molecule has 6 heteroatoms. The number of anilines is 1. The van der Waals surface area contributed by atoms with Crippen molar-refractivity contribution in [2.45, 2.75) is 0 Å². The summed E-state index contributed by atoms with van der Waals surface area (Å²) in [4.78, 5) is 15.0. The molecule has 0 aliphatic carbocycles. The predicted octanol–water partition coefficient (Wildman–Crippen LogP) is 1.65. The summed E-state index contributed by atoms with van der Waals surface area (Å²) < 4.78 is 4.43. The first kappa shape index (κ1) is 10.2. The average Bonchev–Trinajstić information content (AvgIpc) is 2.78. The van der Waals surface area contributed by atoms with Crippen LogP contribution in [0.3, 0.4) is 0 Å². The van der Waals surface area contributed by atoms with Crippen LogP contribution in [0.15, 0.2) is 30.3 Å². The van der Waals surface area contributed by atoms with E-state index in [4.69, 9.17) is 0 Å². The van der Waals surface area contributed by atoms with Gasteiger partial charge in [-0.3, -0.25) is 10.4 Å². The predicted molar refractivity (Wildman–Crippen MR) is 57.8 cm³/mol. The summed E-state index contributed by atoms with van der Waals surface area (Å²) in [5.74, 6) is 0.776. The molecule has 0 spiro atoms. The molecule has 1 aromatic carbocycles. The second-order valence-corrected chi connectivity index (χ2v) is 2.99. The number of nitrogens with zero attached hydrogens (tertiary/aromatic N) is 2. The third kappa shape index (κ3) is 2.17. The summed E-state index contributed by atoms with van der Waals surface area (Å²) in [6.45, 7) is 0. The van der Waals surface area contributed by atoms with Gasteiger partial charge in [0.05, 0.1) is 7.11 Å². The molecule has 0 aliphatic rings. The zero-order valence-electron chi connectivity index (χ0n) is 8.60. The summed E-state index contributed by atoms with van der Waals surface area (Å²) in [6, 6.07) is 9.48. The van der Waals surface area contributed by atoms with E-state index < -0.39 is 6.09 Å². The maximum Gasteiger partial charge on any atom is 0.413 e. The molecular weight excluding hydrogens is 208 g/mol. The molecular formula is C10H10N4O2. The number of hydrogen-bond donors (Lipinski definition) is 2. The van der Waals surface area contributed by atoms with E-state index in [1.54, 1.807) is 0 Å². The van der Waals surface area contributed by atoms with E-state index in [0.29, 0.717) is 5.82 Å². The second-order valence-electron chi connectivity index (χ2n) is 2.99. The summed E-state index contributed by atoms with van der Waals surface area (Å²) in [5.41, 5.74) is 0.896. The smallest absolute Gasteiger partial charge is 0.413 e. The number of H-pyrrole nitrogens is 1. The molecule has 0 saturated heterocycles. The number of amides is 1. The highest BCUT2D eigenvalue weighted by atomic mass is 16.5. The van der Waals surface area contributed by atoms with Gasteiger partial charge in [0.15, 0.2) is 5.82 Å². The molecule has 1 amide bonds. The van der Waals surface area contributed by atoms with Crippen LogP contribution in [-0.2, 0) is 4.74 Å². The largest absolute Gasteiger partial charge is 0.453 e. The molecule has 0 aliphatic heterocycles. The van der Waals surface area contributed by atoms with Crippen molar-refractivity contribution >= 4 is 12.0 Å². The highest BCUT2D eigenvalue weighted by molar-refractivity contribution is 5.82. The lowest BCUT2D eigenvalue weighted by Gasteiger charge is -1.96. The fourth-order valence-corrected chi connectivity index (χ4v) is 1.19. The van der Waals surface area contributed by atoms with Crippen molar-refractivity contribution in [1.29, 1.82) is 0 Å². The Balaban J connectivity index is 2.17. The van der Waals surface area contributed by atoms with Crippen molar-refractivity contribution < 1.29 is 9.53 Å². The zero-order chi connectivity index (χ0) is 11.4. The minimum absolute atomic E-state index is 0.186. The number of methoxy groups -OCH3 is 1. The lowest BCUT2D eigenvalue weighted by molar-refractivity contribution is 0.186. The van der Waals surface area contributed by atoms with Gasteiger partial charge in [0, 0.05) is 5.56 Å². The van der Waals surface area contributed by atoms with Crippen molar-refractivity contribution in [3.05, 3.63) is 30.3 Å². The third-order valence-electron chi connectivity index (χ3n) is 1.93. The quantitative estimate of drug-likeness (QED) is 0.803. The van der Waals surface area contributed by atoms with Crippen LogP contribution >= 0.6 is 0 Å². The SMILES string of the molecule is COC(=O)Nc1n[nH]c(-c2ccccc2)n1. The number of aromatic amines is 1. The van der Waals surface area contributed by atoms with E-state index in [9.17, 15) is 4.79 Å². The maximum absolute atomic E-state index is 10.9. The van der Waals surface area contributed by atoms with Crippen molar-refractivity contribution in [3.8, 4) is 11.4 Å². The molecule has 2 aromatic rings. The van der Waals surface area contributed by atoms with Crippen molar-refractivity contribution in [3.63, 3.8) is 0 Å². The lowest BCUT2D eigenvalue weighted by Crippen LogP contribution is -2.11. The van der Waals surface area contributed by atoms with Crippen LogP contribution in [0.25, 0.3) is 11.4 Å². The zero-order valence-corrected chi connectivity index (χ0v) is 8.60. The number of nitrogens with one attached hydrogen (secondary N) is 2. The second kappa shape index (κ2) is 4.43. The summed E-state index contributed by atoms with van der Waals surface area (Å²) >= 11 is 0. The monoisotopic (exact) mass is 218 g/mol. The number of ether oxygens (including phenoxy) is 1.